The molecule has 2 nitrogen and oxygen atoms in total. The van der Waals surface area contributed by atoms with Crippen molar-refractivity contribution < 1.29 is 4.74 Å². The molecule has 2 rings (SSSR count). The van der Waals surface area contributed by atoms with Crippen molar-refractivity contribution in [2.24, 2.45) is 5.73 Å². The van der Waals surface area contributed by atoms with E-state index in [9.17, 15) is 0 Å². The number of hydrogen-bond acceptors (Lipinski definition) is 2. The van der Waals surface area contributed by atoms with Crippen molar-refractivity contribution in [2.75, 3.05) is 6.54 Å². The van der Waals surface area contributed by atoms with Crippen molar-refractivity contribution in [3.05, 3.63) is 64.7 Å². The van der Waals surface area contributed by atoms with E-state index in [1.165, 1.54) is 22.3 Å². The van der Waals surface area contributed by atoms with Crippen LogP contribution in [0.5, 0.6) is 5.75 Å². The molecule has 0 aliphatic rings. The van der Waals surface area contributed by atoms with Gasteiger partial charge >= 0.3 is 0 Å². The quantitative estimate of drug-likeness (QED) is 0.887. The van der Waals surface area contributed by atoms with Crippen LogP contribution >= 0.6 is 0 Å². The lowest BCUT2D eigenvalue weighted by molar-refractivity contribution is 0.196. The summed E-state index contributed by atoms with van der Waals surface area (Å²) in [5, 5.41) is 0. The van der Waals surface area contributed by atoms with Gasteiger partial charge in [-0.3, -0.25) is 0 Å². The zero-order chi connectivity index (χ0) is 14.5. The van der Waals surface area contributed by atoms with Crippen LogP contribution in [0.25, 0.3) is 0 Å². The fourth-order valence-corrected chi connectivity index (χ4v) is 2.32. The standard InChI is InChI=1S/C18H23NO/c1-13-9-10-17(15(3)14(13)2)20-18(11-12-19)16-7-5-4-6-8-16/h4-10,18H,11-12,19H2,1-3H3. The van der Waals surface area contributed by atoms with Crippen LogP contribution in [-0.4, -0.2) is 6.54 Å². The van der Waals surface area contributed by atoms with Crippen LogP contribution in [0.1, 0.15) is 34.8 Å². The van der Waals surface area contributed by atoms with Crippen LogP contribution in [0.15, 0.2) is 42.5 Å². The van der Waals surface area contributed by atoms with Crippen LogP contribution in [-0.2, 0) is 0 Å². The van der Waals surface area contributed by atoms with Gasteiger partial charge in [0.15, 0.2) is 0 Å². The molecule has 2 N–H and O–H groups in total. The second kappa shape index (κ2) is 6.58. The first-order chi connectivity index (χ1) is 9.63. The second-order valence-electron chi connectivity index (χ2n) is 5.23. The molecule has 0 fully saturated rings. The number of ether oxygens (including phenoxy) is 1. The summed E-state index contributed by atoms with van der Waals surface area (Å²) < 4.78 is 6.23. The van der Waals surface area contributed by atoms with E-state index in [2.05, 4.69) is 45.0 Å². The smallest absolute Gasteiger partial charge is 0.125 e. The van der Waals surface area contributed by atoms with Crippen molar-refractivity contribution in [1.82, 2.24) is 0 Å². The molecule has 0 saturated carbocycles. The van der Waals surface area contributed by atoms with Crippen LogP contribution < -0.4 is 10.5 Å². The van der Waals surface area contributed by atoms with E-state index in [-0.39, 0.29) is 6.10 Å². The third kappa shape index (κ3) is 3.20. The molecule has 0 amide bonds. The van der Waals surface area contributed by atoms with Crippen LogP contribution in [0.4, 0.5) is 0 Å². The van der Waals surface area contributed by atoms with E-state index >= 15 is 0 Å². The molecule has 2 aromatic rings. The lowest BCUT2D eigenvalue weighted by Gasteiger charge is -2.21. The van der Waals surface area contributed by atoms with Gasteiger partial charge in [0.2, 0.25) is 0 Å². The van der Waals surface area contributed by atoms with Gasteiger partial charge < -0.3 is 10.5 Å². The Morgan fingerprint density at radius 3 is 2.30 bits per heavy atom. The van der Waals surface area contributed by atoms with Crippen molar-refractivity contribution in [3.8, 4) is 5.75 Å². The molecular weight excluding hydrogens is 246 g/mol. The fourth-order valence-electron chi connectivity index (χ4n) is 2.32. The molecule has 0 aliphatic carbocycles. The topological polar surface area (TPSA) is 35.2 Å². The van der Waals surface area contributed by atoms with E-state index in [1.54, 1.807) is 0 Å². The highest BCUT2D eigenvalue weighted by atomic mass is 16.5. The maximum atomic E-state index is 6.23. The zero-order valence-electron chi connectivity index (χ0n) is 12.5. The van der Waals surface area contributed by atoms with Gasteiger partial charge in [-0.2, -0.15) is 0 Å². The summed E-state index contributed by atoms with van der Waals surface area (Å²) in [7, 11) is 0. The van der Waals surface area contributed by atoms with Gasteiger partial charge in [-0.25, -0.2) is 0 Å². The number of rotatable bonds is 5. The van der Waals surface area contributed by atoms with Crippen LogP contribution in [0.2, 0.25) is 0 Å². The summed E-state index contributed by atoms with van der Waals surface area (Å²) in [5.41, 5.74) is 10.7. The molecule has 0 bridgehead atoms. The van der Waals surface area contributed by atoms with E-state index < -0.39 is 0 Å². The monoisotopic (exact) mass is 269 g/mol. The maximum Gasteiger partial charge on any atom is 0.125 e. The molecule has 1 atom stereocenters. The number of aryl methyl sites for hydroxylation is 1. The Morgan fingerprint density at radius 2 is 1.65 bits per heavy atom. The molecule has 0 spiro atoms. The average molecular weight is 269 g/mol. The minimum Gasteiger partial charge on any atom is -0.485 e. The van der Waals surface area contributed by atoms with Gasteiger partial charge in [0, 0.05) is 6.42 Å². The van der Waals surface area contributed by atoms with Crippen molar-refractivity contribution >= 4 is 0 Å². The third-order valence-electron chi connectivity index (χ3n) is 3.88. The molecule has 20 heavy (non-hydrogen) atoms. The lowest BCUT2D eigenvalue weighted by Crippen LogP contribution is -2.14. The van der Waals surface area contributed by atoms with Gasteiger partial charge in [0.05, 0.1) is 0 Å². The molecule has 2 aromatic carbocycles. The SMILES string of the molecule is Cc1ccc(OC(CCN)c2ccccc2)c(C)c1C. The Labute approximate surface area is 121 Å². The van der Waals surface area contributed by atoms with Crippen LogP contribution in [0, 0.1) is 20.8 Å². The highest BCUT2D eigenvalue weighted by molar-refractivity contribution is 5.43. The molecule has 0 radical (unpaired) electrons. The zero-order valence-corrected chi connectivity index (χ0v) is 12.5. The predicted octanol–water partition coefficient (Wildman–Crippen LogP) is 4.08. The summed E-state index contributed by atoms with van der Waals surface area (Å²) in [6, 6.07) is 14.5. The molecule has 0 aliphatic heterocycles. The normalized spacial score (nSPS) is 12.2. The predicted molar refractivity (Wildman–Crippen MR) is 84.1 cm³/mol. The molecule has 2 heteroatoms. The molecular formula is C18H23NO. The average Bonchev–Trinajstić information content (AvgIpc) is 2.48. The van der Waals surface area contributed by atoms with Crippen LogP contribution in [0.3, 0.4) is 0 Å². The van der Waals surface area contributed by atoms with E-state index in [1.807, 2.05) is 18.2 Å². The Kier molecular flexibility index (Phi) is 4.80. The fraction of sp³-hybridized carbons (Fsp3) is 0.333. The molecule has 106 valence electrons. The van der Waals surface area contributed by atoms with E-state index in [0.717, 1.165) is 12.2 Å². The molecule has 0 heterocycles. The molecule has 0 aromatic heterocycles. The summed E-state index contributed by atoms with van der Waals surface area (Å²) >= 11 is 0. The first kappa shape index (κ1) is 14.6. The van der Waals surface area contributed by atoms with Gasteiger partial charge in [-0.1, -0.05) is 36.4 Å². The van der Waals surface area contributed by atoms with Crippen molar-refractivity contribution in [3.63, 3.8) is 0 Å². The van der Waals surface area contributed by atoms with Crippen molar-refractivity contribution in [2.45, 2.75) is 33.3 Å². The summed E-state index contributed by atoms with van der Waals surface area (Å²) in [5.74, 6) is 0.954. The largest absolute Gasteiger partial charge is 0.485 e. The minimum absolute atomic E-state index is 0.0157. The third-order valence-corrected chi connectivity index (χ3v) is 3.88. The molecule has 1 unspecified atom stereocenters. The lowest BCUT2D eigenvalue weighted by atomic mass is 10.0. The summed E-state index contributed by atoms with van der Waals surface area (Å²) in [4.78, 5) is 0. The first-order valence-corrected chi connectivity index (χ1v) is 7.12. The van der Waals surface area contributed by atoms with Crippen molar-refractivity contribution in [1.29, 1.82) is 0 Å². The maximum absolute atomic E-state index is 6.23. The number of benzene rings is 2. The van der Waals surface area contributed by atoms with Gasteiger partial charge in [0.25, 0.3) is 0 Å². The van der Waals surface area contributed by atoms with E-state index in [4.69, 9.17) is 10.5 Å². The number of nitrogens with two attached hydrogens (primary N) is 1. The summed E-state index contributed by atoms with van der Waals surface area (Å²) in [6.45, 7) is 6.99. The van der Waals surface area contributed by atoms with Gasteiger partial charge in [0.1, 0.15) is 11.9 Å². The number of hydrogen-bond donors (Lipinski definition) is 1. The van der Waals surface area contributed by atoms with Gasteiger partial charge in [-0.05, 0) is 55.6 Å². The highest BCUT2D eigenvalue weighted by Gasteiger charge is 2.14. The minimum atomic E-state index is 0.0157. The van der Waals surface area contributed by atoms with E-state index in [0.29, 0.717) is 6.54 Å². The Bertz CT molecular complexity index is 563. The summed E-state index contributed by atoms with van der Waals surface area (Å²) in [6.07, 6.45) is 0.832. The Hall–Kier alpha value is -1.80. The van der Waals surface area contributed by atoms with Gasteiger partial charge in [-0.15, -0.1) is 0 Å². The molecule has 0 saturated heterocycles. The Balaban J connectivity index is 2.27. The Morgan fingerprint density at radius 1 is 0.950 bits per heavy atom. The highest BCUT2D eigenvalue weighted by Crippen LogP contribution is 2.29. The second-order valence-corrected chi connectivity index (χ2v) is 5.23. The first-order valence-electron chi connectivity index (χ1n) is 7.12.